The third-order valence-electron chi connectivity index (χ3n) is 4.64. The second-order valence-electron chi connectivity index (χ2n) is 6.49. The van der Waals surface area contributed by atoms with Crippen LogP contribution in [-0.4, -0.2) is 67.8 Å². The molecule has 20 heavy (non-hydrogen) atoms. The van der Waals surface area contributed by atoms with E-state index in [-0.39, 0.29) is 0 Å². The highest BCUT2D eigenvalue weighted by atomic mass is 16.5. The zero-order valence-corrected chi connectivity index (χ0v) is 13.2. The van der Waals surface area contributed by atoms with Gasteiger partial charge >= 0.3 is 0 Å². The van der Waals surface area contributed by atoms with E-state index in [1.807, 2.05) is 0 Å². The number of ether oxygens (including phenoxy) is 1. The van der Waals surface area contributed by atoms with Crippen LogP contribution in [0.3, 0.4) is 0 Å². The van der Waals surface area contributed by atoms with Crippen molar-refractivity contribution >= 4 is 0 Å². The molecule has 0 aliphatic carbocycles. The van der Waals surface area contributed by atoms with E-state index in [0.717, 1.165) is 13.1 Å². The molecule has 2 unspecified atom stereocenters. The smallest absolute Gasteiger partial charge is 0.0706 e. The zero-order chi connectivity index (χ0) is 14.2. The van der Waals surface area contributed by atoms with E-state index in [2.05, 4.69) is 16.7 Å². The second kappa shape index (κ2) is 8.98. The fourth-order valence-electron chi connectivity index (χ4n) is 3.39. The van der Waals surface area contributed by atoms with Crippen LogP contribution in [0.4, 0.5) is 0 Å². The molecule has 0 radical (unpaired) electrons. The van der Waals surface area contributed by atoms with Crippen molar-refractivity contribution in [3.63, 3.8) is 0 Å². The van der Waals surface area contributed by atoms with E-state index < -0.39 is 0 Å². The SMILES string of the molecule is CC1CCC(CN2CCCN(CCCCCN)CC2)O1. The minimum Gasteiger partial charge on any atom is -0.374 e. The molecule has 0 saturated carbocycles. The van der Waals surface area contributed by atoms with Gasteiger partial charge in [-0.3, -0.25) is 4.90 Å². The summed E-state index contributed by atoms with van der Waals surface area (Å²) in [6.07, 6.45) is 8.53. The molecule has 0 aromatic rings. The largest absolute Gasteiger partial charge is 0.374 e. The van der Waals surface area contributed by atoms with Crippen LogP contribution in [0.2, 0.25) is 0 Å². The van der Waals surface area contributed by atoms with Gasteiger partial charge in [-0.1, -0.05) is 6.42 Å². The third-order valence-corrected chi connectivity index (χ3v) is 4.64. The van der Waals surface area contributed by atoms with E-state index in [9.17, 15) is 0 Å². The van der Waals surface area contributed by atoms with E-state index >= 15 is 0 Å². The van der Waals surface area contributed by atoms with Crippen LogP contribution in [0.5, 0.6) is 0 Å². The maximum absolute atomic E-state index is 5.96. The summed E-state index contributed by atoms with van der Waals surface area (Å²) in [6.45, 7) is 10.4. The topological polar surface area (TPSA) is 41.7 Å². The van der Waals surface area contributed by atoms with Crippen molar-refractivity contribution in [3.05, 3.63) is 0 Å². The number of unbranched alkanes of at least 4 members (excludes halogenated alkanes) is 2. The summed E-state index contributed by atoms with van der Waals surface area (Å²) in [5, 5.41) is 0. The summed E-state index contributed by atoms with van der Waals surface area (Å²) in [5.41, 5.74) is 5.55. The van der Waals surface area contributed by atoms with Crippen LogP contribution in [0, 0.1) is 0 Å². The van der Waals surface area contributed by atoms with Crippen LogP contribution in [0.15, 0.2) is 0 Å². The third kappa shape index (κ3) is 5.68. The van der Waals surface area contributed by atoms with Gasteiger partial charge in [-0.25, -0.2) is 0 Å². The Morgan fingerprint density at radius 2 is 1.80 bits per heavy atom. The van der Waals surface area contributed by atoms with E-state index in [1.165, 1.54) is 71.2 Å². The summed E-state index contributed by atoms with van der Waals surface area (Å²) >= 11 is 0. The van der Waals surface area contributed by atoms with Gasteiger partial charge in [0, 0.05) is 19.6 Å². The zero-order valence-electron chi connectivity index (χ0n) is 13.2. The normalized spacial score (nSPS) is 29.7. The molecule has 0 amide bonds. The molecule has 2 N–H and O–H groups in total. The maximum Gasteiger partial charge on any atom is 0.0706 e. The number of nitrogens with two attached hydrogens (primary N) is 1. The molecule has 2 heterocycles. The first-order chi connectivity index (χ1) is 9.78. The lowest BCUT2D eigenvalue weighted by Gasteiger charge is -2.24. The molecule has 118 valence electrons. The Morgan fingerprint density at radius 1 is 1.00 bits per heavy atom. The van der Waals surface area contributed by atoms with Crippen LogP contribution in [-0.2, 0) is 4.74 Å². The number of hydrogen-bond donors (Lipinski definition) is 1. The quantitative estimate of drug-likeness (QED) is 0.722. The Balaban J connectivity index is 1.61. The van der Waals surface area contributed by atoms with Crippen LogP contribution in [0.25, 0.3) is 0 Å². The maximum atomic E-state index is 5.96. The van der Waals surface area contributed by atoms with E-state index in [1.54, 1.807) is 0 Å². The molecule has 2 aliphatic rings. The van der Waals surface area contributed by atoms with Crippen molar-refractivity contribution in [3.8, 4) is 0 Å². The summed E-state index contributed by atoms with van der Waals surface area (Å²) in [4.78, 5) is 5.25. The molecule has 0 aromatic heterocycles. The molecule has 4 heteroatoms. The summed E-state index contributed by atoms with van der Waals surface area (Å²) in [7, 11) is 0. The molecule has 2 saturated heterocycles. The highest BCUT2D eigenvalue weighted by Crippen LogP contribution is 2.20. The molecule has 4 nitrogen and oxygen atoms in total. The Bertz CT molecular complexity index is 262. The van der Waals surface area contributed by atoms with Crippen molar-refractivity contribution in [2.24, 2.45) is 5.73 Å². The molecule has 2 atom stereocenters. The Kier molecular flexibility index (Phi) is 7.28. The van der Waals surface area contributed by atoms with Crippen molar-refractivity contribution in [2.45, 2.75) is 57.7 Å². The van der Waals surface area contributed by atoms with Gasteiger partial charge in [0.2, 0.25) is 0 Å². The minimum atomic E-state index is 0.478. The van der Waals surface area contributed by atoms with Gasteiger partial charge in [-0.15, -0.1) is 0 Å². The second-order valence-corrected chi connectivity index (χ2v) is 6.49. The van der Waals surface area contributed by atoms with Crippen molar-refractivity contribution in [2.75, 3.05) is 45.8 Å². The number of hydrogen-bond acceptors (Lipinski definition) is 4. The lowest BCUT2D eigenvalue weighted by Crippen LogP contribution is -2.36. The minimum absolute atomic E-state index is 0.478. The van der Waals surface area contributed by atoms with Crippen LogP contribution >= 0.6 is 0 Å². The number of nitrogens with zero attached hydrogens (tertiary/aromatic N) is 2. The fraction of sp³-hybridized carbons (Fsp3) is 1.00. The average molecular weight is 283 g/mol. The Labute approximate surface area is 124 Å². The highest BCUT2D eigenvalue weighted by molar-refractivity contribution is 4.77. The molecule has 2 rings (SSSR count). The first-order valence-corrected chi connectivity index (χ1v) is 8.58. The van der Waals surface area contributed by atoms with Gasteiger partial charge in [-0.2, -0.15) is 0 Å². The van der Waals surface area contributed by atoms with Crippen molar-refractivity contribution in [1.82, 2.24) is 9.80 Å². The van der Waals surface area contributed by atoms with Gasteiger partial charge < -0.3 is 15.4 Å². The molecular weight excluding hydrogens is 250 g/mol. The van der Waals surface area contributed by atoms with Gasteiger partial charge in [0.15, 0.2) is 0 Å². The number of rotatable bonds is 7. The fourth-order valence-corrected chi connectivity index (χ4v) is 3.39. The summed E-state index contributed by atoms with van der Waals surface area (Å²) < 4.78 is 5.96. The van der Waals surface area contributed by atoms with Crippen LogP contribution in [0.1, 0.15) is 45.4 Å². The van der Waals surface area contributed by atoms with Gasteiger partial charge in [0.05, 0.1) is 12.2 Å². The first kappa shape index (κ1) is 16.2. The monoisotopic (exact) mass is 283 g/mol. The molecular formula is C16H33N3O. The summed E-state index contributed by atoms with van der Waals surface area (Å²) in [5.74, 6) is 0. The van der Waals surface area contributed by atoms with E-state index in [4.69, 9.17) is 10.5 Å². The molecule has 0 aromatic carbocycles. The van der Waals surface area contributed by atoms with Gasteiger partial charge in [-0.05, 0) is 65.2 Å². The molecule has 2 fully saturated rings. The van der Waals surface area contributed by atoms with Crippen molar-refractivity contribution in [1.29, 1.82) is 0 Å². The highest BCUT2D eigenvalue weighted by Gasteiger charge is 2.24. The first-order valence-electron chi connectivity index (χ1n) is 8.58. The Morgan fingerprint density at radius 3 is 2.55 bits per heavy atom. The van der Waals surface area contributed by atoms with E-state index in [0.29, 0.717) is 12.2 Å². The van der Waals surface area contributed by atoms with Gasteiger partial charge in [0.1, 0.15) is 0 Å². The lowest BCUT2D eigenvalue weighted by molar-refractivity contribution is 0.0322. The standard InChI is InChI=1S/C16H33N3O/c1-15-6-7-16(20-15)14-19-11-5-10-18(12-13-19)9-4-2-3-8-17/h15-16H,2-14,17H2,1H3. The average Bonchev–Trinajstić information content (AvgIpc) is 2.71. The van der Waals surface area contributed by atoms with Crippen molar-refractivity contribution < 1.29 is 4.74 Å². The summed E-state index contributed by atoms with van der Waals surface area (Å²) in [6, 6.07) is 0. The predicted octanol–water partition coefficient (Wildman–Crippen LogP) is 1.69. The molecule has 0 bridgehead atoms. The molecule has 2 aliphatic heterocycles. The van der Waals surface area contributed by atoms with Crippen LogP contribution < -0.4 is 5.73 Å². The lowest BCUT2D eigenvalue weighted by atomic mass is 10.2. The van der Waals surface area contributed by atoms with Gasteiger partial charge in [0.25, 0.3) is 0 Å². The Hall–Kier alpha value is -0.160. The molecule has 0 spiro atoms. The predicted molar refractivity (Wildman–Crippen MR) is 84.0 cm³/mol.